The molecule has 0 unspecified atom stereocenters. The molecule has 0 atom stereocenters. The minimum Gasteiger partial charge on any atom is -0.314 e. The zero-order chi connectivity index (χ0) is 15.0. The predicted octanol–water partition coefficient (Wildman–Crippen LogP) is 3.10. The Morgan fingerprint density at radius 3 is 2.76 bits per heavy atom. The van der Waals surface area contributed by atoms with E-state index in [0.717, 1.165) is 18.7 Å². The standard InChI is InChI=1S/C15H18N4O2/c1-2-18-14(16)12-9-11(19(20)21)7-8-13(12)17-15(18)10-5-3-4-6-10/h7-10,16H,2-6H2,1H3. The van der Waals surface area contributed by atoms with Crippen LogP contribution < -0.4 is 5.49 Å². The van der Waals surface area contributed by atoms with Crippen molar-refractivity contribution >= 4 is 16.6 Å². The summed E-state index contributed by atoms with van der Waals surface area (Å²) in [5.41, 5.74) is 1.01. The van der Waals surface area contributed by atoms with E-state index in [1.165, 1.54) is 25.0 Å². The molecule has 0 aliphatic heterocycles. The Morgan fingerprint density at radius 1 is 1.43 bits per heavy atom. The van der Waals surface area contributed by atoms with Crippen LogP contribution in [0, 0.1) is 15.5 Å². The van der Waals surface area contributed by atoms with Crippen molar-refractivity contribution in [2.45, 2.75) is 45.1 Å². The van der Waals surface area contributed by atoms with Crippen molar-refractivity contribution in [2.24, 2.45) is 0 Å². The monoisotopic (exact) mass is 286 g/mol. The fourth-order valence-corrected chi connectivity index (χ4v) is 3.18. The van der Waals surface area contributed by atoms with Crippen LogP contribution in [0.5, 0.6) is 0 Å². The molecule has 21 heavy (non-hydrogen) atoms. The van der Waals surface area contributed by atoms with Crippen LogP contribution >= 0.6 is 0 Å². The quantitative estimate of drug-likeness (QED) is 0.695. The van der Waals surface area contributed by atoms with Gasteiger partial charge in [0, 0.05) is 30.0 Å². The lowest BCUT2D eigenvalue weighted by Crippen LogP contribution is -2.26. The number of hydrogen-bond donors (Lipinski definition) is 1. The molecule has 1 aliphatic rings. The van der Waals surface area contributed by atoms with E-state index < -0.39 is 4.92 Å². The van der Waals surface area contributed by atoms with Gasteiger partial charge in [0.05, 0.1) is 10.4 Å². The fourth-order valence-electron chi connectivity index (χ4n) is 3.18. The molecule has 0 bridgehead atoms. The molecule has 1 aromatic carbocycles. The van der Waals surface area contributed by atoms with Crippen LogP contribution in [0.3, 0.4) is 0 Å². The molecule has 0 amide bonds. The molecule has 2 aromatic rings. The SMILES string of the molecule is CCn1c(C2CCCC2)nc2ccc([N+](=O)[O-])cc2c1=N. The molecule has 1 N–H and O–H groups in total. The Hall–Kier alpha value is -2.24. The highest BCUT2D eigenvalue weighted by Crippen LogP contribution is 2.33. The van der Waals surface area contributed by atoms with Crippen molar-refractivity contribution in [3.63, 3.8) is 0 Å². The molecule has 1 aromatic heterocycles. The molecule has 1 fully saturated rings. The van der Waals surface area contributed by atoms with Gasteiger partial charge in [-0.25, -0.2) is 4.98 Å². The summed E-state index contributed by atoms with van der Waals surface area (Å²) in [5.74, 6) is 1.37. The Bertz CT molecular complexity index is 760. The maximum absolute atomic E-state index is 10.9. The molecule has 6 nitrogen and oxygen atoms in total. The van der Waals surface area contributed by atoms with Gasteiger partial charge in [-0.05, 0) is 25.8 Å². The minimum atomic E-state index is -0.431. The topological polar surface area (TPSA) is 84.8 Å². The van der Waals surface area contributed by atoms with Crippen molar-refractivity contribution in [3.8, 4) is 0 Å². The first-order valence-electron chi connectivity index (χ1n) is 7.35. The summed E-state index contributed by atoms with van der Waals surface area (Å²) in [6.07, 6.45) is 4.65. The maximum atomic E-state index is 10.9. The van der Waals surface area contributed by atoms with Gasteiger partial charge in [0.1, 0.15) is 11.3 Å². The molecule has 0 spiro atoms. The molecule has 0 radical (unpaired) electrons. The molecule has 1 saturated carbocycles. The first kappa shape index (κ1) is 13.7. The van der Waals surface area contributed by atoms with Gasteiger partial charge in [0.25, 0.3) is 5.69 Å². The third-order valence-electron chi connectivity index (χ3n) is 4.26. The highest BCUT2D eigenvalue weighted by atomic mass is 16.6. The summed E-state index contributed by atoms with van der Waals surface area (Å²) in [4.78, 5) is 15.2. The van der Waals surface area contributed by atoms with Crippen LogP contribution in [0.15, 0.2) is 18.2 Å². The molecule has 1 heterocycles. The van der Waals surface area contributed by atoms with E-state index in [2.05, 4.69) is 0 Å². The van der Waals surface area contributed by atoms with Crippen LogP contribution in [-0.2, 0) is 6.54 Å². The van der Waals surface area contributed by atoms with Gasteiger partial charge in [0.2, 0.25) is 0 Å². The van der Waals surface area contributed by atoms with Crippen molar-refractivity contribution in [3.05, 3.63) is 39.6 Å². The van der Waals surface area contributed by atoms with E-state index in [1.54, 1.807) is 6.07 Å². The Labute approximate surface area is 122 Å². The zero-order valence-corrected chi connectivity index (χ0v) is 12.0. The van der Waals surface area contributed by atoms with Crippen LogP contribution in [0.1, 0.15) is 44.3 Å². The second kappa shape index (κ2) is 5.27. The van der Waals surface area contributed by atoms with E-state index >= 15 is 0 Å². The van der Waals surface area contributed by atoms with Crippen molar-refractivity contribution < 1.29 is 4.92 Å². The van der Waals surface area contributed by atoms with Crippen molar-refractivity contribution in [1.29, 1.82) is 5.41 Å². The number of rotatable bonds is 3. The normalized spacial score (nSPS) is 15.7. The van der Waals surface area contributed by atoms with Gasteiger partial charge in [-0.2, -0.15) is 0 Å². The number of nitrogens with one attached hydrogen (secondary N) is 1. The van der Waals surface area contributed by atoms with E-state index in [1.807, 2.05) is 11.5 Å². The first-order valence-corrected chi connectivity index (χ1v) is 7.35. The molecule has 6 heteroatoms. The molecule has 110 valence electrons. The lowest BCUT2D eigenvalue weighted by atomic mass is 10.1. The number of benzene rings is 1. The average molecular weight is 286 g/mol. The van der Waals surface area contributed by atoms with Crippen LogP contribution in [0.4, 0.5) is 5.69 Å². The second-order valence-corrected chi connectivity index (χ2v) is 5.50. The molecular weight excluding hydrogens is 268 g/mol. The summed E-state index contributed by atoms with van der Waals surface area (Å²) in [5, 5.41) is 19.8. The fraction of sp³-hybridized carbons (Fsp3) is 0.467. The number of non-ortho nitro benzene ring substituents is 1. The Kier molecular flexibility index (Phi) is 3.45. The highest BCUT2D eigenvalue weighted by molar-refractivity contribution is 5.79. The third-order valence-corrected chi connectivity index (χ3v) is 4.26. The van der Waals surface area contributed by atoms with Crippen LogP contribution in [0.25, 0.3) is 10.9 Å². The van der Waals surface area contributed by atoms with Gasteiger partial charge >= 0.3 is 0 Å². The van der Waals surface area contributed by atoms with E-state index in [-0.39, 0.29) is 5.69 Å². The average Bonchev–Trinajstić information content (AvgIpc) is 3.00. The molecule has 0 saturated heterocycles. The molecule has 3 rings (SSSR count). The lowest BCUT2D eigenvalue weighted by molar-refractivity contribution is -0.384. The summed E-state index contributed by atoms with van der Waals surface area (Å²) in [6.45, 7) is 2.65. The van der Waals surface area contributed by atoms with E-state index in [9.17, 15) is 10.1 Å². The second-order valence-electron chi connectivity index (χ2n) is 5.50. The molecular formula is C15H18N4O2. The lowest BCUT2D eigenvalue weighted by Gasteiger charge is -2.17. The number of aromatic nitrogens is 2. The minimum absolute atomic E-state index is 0.00840. The van der Waals surface area contributed by atoms with Gasteiger partial charge in [-0.15, -0.1) is 0 Å². The van der Waals surface area contributed by atoms with Crippen LogP contribution in [-0.4, -0.2) is 14.5 Å². The van der Waals surface area contributed by atoms with Gasteiger partial charge in [0.15, 0.2) is 0 Å². The van der Waals surface area contributed by atoms with Crippen LogP contribution in [0.2, 0.25) is 0 Å². The van der Waals surface area contributed by atoms with Crippen molar-refractivity contribution in [1.82, 2.24) is 9.55 Å². The summed E-state index contributed by atoms with van der Waals surface area (Å²) in [6, 6.07) is 4.57. The number of hydrogen-bond acceptors (Lipinski definition) is 4. The van der Waals surface area contributed by atoms with E-state index in [4.69, 9.17) is 10.4 Å². The maximum Gasteiger partial charge on any atom is 0.270 e. The van der Waals surface area contributed by atoms with Gasteiger partial charge < -0.3 is 4.57 Å². The summed E-state index contributed by atoms with van der Waals surface area (Å²) < 4.78 is 1.89. The smallest absolute Gasteiger partial charge is 0.270 e. The third kappa shape index (κ3) is 2.30. The van der Waals surface area contributed by atoms with Gasteiger partial charge in [-0.3, -0.25) is 15.5 Å². The number of nitrogens with zero attached hydrogens (tertiary/aromatic N) is 3. The van der Waals surface area contributed by atoms with Gasteiger partial charge in [-0.1, -0.05) is 12.8 Å². The predicted molar refractivity (Wildman–Crippen MR) is 79.1 cm³/mol. The van der Waals surface area contributed by atoms with Crippen molar-refractivity contribution in [2.75, 3.05) is 0 Å². The number of nitro groups is 1. The number of fused-ring (bicyclic) bond motifs is 1. The molecule has 1 aliphatic carbocycles. The zero-order valence-electron chi connectivity index (χ0n) is 12.0. The summed E-state index contributed by atoms with van der Waals surface area (Å²) in [7, 11) is 0. The largest absolute Gasteiger partial charge is 0.314 e. The first-order chi connectivity index (χ1) is 10.1. The highest BCUT2D eigenvalue weighted by Gasteiger charge is 2.22. The summed E-state index contributed by atoms with van der Waals surface area (Å²) >= 11 is 0. The Balaban J connectivity index is 2.24. The van der Waals surface area contributed by atoms with E-state index in [0.29, 0.717) is 28.9 Å². The number of nitro benzene ring substituents is 1. The Morgan fingerprint density at radius 2 is 2.14 bits per heavy atom.